The van der Waals surface area contributed by atoms with Crippen molar-refractivity contribution >= 4 is 0 Å². The molecule has 0 bridgehead atoms. The molecule has 1 aromatic carbocycles. The van der Waals surface area contributed by atoms with E-state index in [2.05, 4.69) is 0 Å². The Morgan fingerprint density at radius 3 is 1.71 bits per heavy atom. The van der Waals surface area contributed by atoms with Crippen LogP contribution in [0, 0.1) is 0 Å². The van der Waals surface area contributed by atoms with Crippen molar-refractivity contribution in [2.75, 3.05) is 59.5 Å². The fourth-order valence-corrected chi connectivity index (χ4v) is 1.93. The standard InChI is InChI=1S/C18H30O6/c1-3-20-9-10-21-11-12-22-13-14-23-15-16-24-18(2,19)17-7-5-4-6-8-17/h4-8,19H,3,9-16H2,1-2H3. The summed E-state index contributed by atoms with van der Waals surface area (Å²) in [7, 11) is 0. The van der Waals surface area contributed by atoms with Gasteiger partial charge in [0, 0.05) is 12.2 Å². The van der Waals surface area contributed by atoms with Gasteiger partial charge in [-0.1, -0.05) is 30.3 Å². The number of benzene rings is 1. The lowest BCUT2D eigenvalue weighted by Crippen LogP contribution is -2.27. The van der Waals surface area contributed by atoms with Gasteiger partial charge in [0.2, 0.25) is 0 Å². The molecule has 0 aliphatic heterocycles. The van der Waals surface area contributed by atoms with Gasteiger partial charge in [-0.05, 0) is 13.8 Å². The van der Waals surface area contributed by atoms with Gasteiger partial charge in [0.1, 0.15) is 0 Å². The Bertz CT molecular complexity index is 396. The fraction of sp³-hybridized carbons (Fsp3) is 0.667. The van der Waals surface area contributed by atoms with Crippen molar-refractivity contribution in [2.24, 2.45) is 0 Å². The second-order valence-electron chi connectivity index (χ2n) is 5.23. The predicted octanol–water partition coefficient (Wildman–Crippen LogP) is 1.95. The molecule has 1 unspecified atom stereocenters. The summed E-state index contributed by atoms with van der Waals surface area (Å²) in [5.41, 5.74) is 0.720. The van der Waals surface area contributed by atoms with Gasteiger partial charge in [-0.2, -0.15) is 0 Å². The molecule has 1 aromatic rings. The quantitative estimate of drug-likeness (QED) is 0.388. The molecule has 1 N–H and O–H groups in total. The predicted molar refractivity (Wildman–Crippen MR) is 90.9 cm³/mol. The Morgan fingerprint density at radius 1 is 0.750 bits per heavy atom. The summed E-state index contributed by atoms with van der Waals surface area (Å²) in [5, 5.41) is 10.2. The summed E-state index contributed by atoms with van der Waals surface area (Å²) >= 11 is 0. The van der Waals surface area contributed by atoms with Crippen LogP contribution in [0.15, 0.2) is 30.3 Å². The summed E-state index contributed by atoms with van der Waals surface area (Å²) in [6, 6.07) is 9.27. The molecule has 24 heavy (non-hydrogen) atoms. The van der Waals surface area contributed by atoms with E-state index in [1.807, 2.05) is 37.3 Å². The van der Waals surface area contributed by atoms with Crippen LogP contribution in [0.2, 0.25) is 0 Å². The summed E-state index contributed by atoms with van der Waals surface area (Å²) < 4.78 is 26.7. The third-order valence-electron chi connectivity index (χ3n) is 3.24. The maximum atomic E-state index is 10.2. The zero-order valence-electron chi connectivity index (χ0n) is 14.7. The SMILES string of the molecule is CCOCCOCCOCCOCCOC(C)(O)c1ccccc1. The molecule has 1 atom stereocenters. The van der Waals surface area contributed by atoms with Gasteiger partial charge in [-0.15, -0.1) is 0 Å². The third-order valence-corrected chi connectivity index (χ3v) is 3.24. The van der Waals surface area contributed by atoms with Crippen LogP contribution in [0.1, 0.15) is 19.4 Å². The van der Waals surface area contributed by atoms with Crippen molar-refractivity contribution in [1.29, 1.82) is 0 Å². The van der Waals surface area contributed by atoms with Crippen LogP contribution in [-0.4, -0.2) is 64.6 Å². The first-order valence-electron chi connectivity index (χ1n) is 8.39. The number of aliphatic hydroxyl groups is 1. The summed E-state index contributed by atoms with van der Waals surface area (Å²) in [6.07, 6.45) is 0. The number of rotatable bonds is 15. The van der Waals surface area contributed by atoms with Crippen molar-refractivity contribution < 1.29 is 28.8 Å². The van der Waals surface area contributed by atoms with E-state index in [1.165, 1.54) is 0 Å². The topological polar surface area (TPSA) is 66.4 Å². The van der Waals surface area contributed by atoms with Crippen molar-refractivity contribution in [3.05, 3.63) is 35.9 Å². The molecule has 0 spiro atoms. The van der Waals surface area contributed by atoms with Crippen molar-refractivity contribution in [2.45, 2.75) is 19.6 Å². The highest BCUT2D eigenvalue weighted by Crippen LogP contribution is 2.21. The minimum atomic E-state index is -1.31. The zero-order valence-corrected chi connectivity index (χ0v) is 14.7. The van der Waals surface area contributed by atoms with Crippen LogP contribution in [-0.2, 0) is 29.5 Å². The van der Waals surface area contributed by atoms with Gasteiger partial charge in [0.25, 0.3) is 0 Å². The van der Waals surface area contributed by atoms with Crippen LogP contribution >= 0.6 is 0 Å². The van der Waals surface area contributed by atoms with Gasteiger partial charge in [-0.25, -0.2) is 0 Å². The largest absolute Gasteiger partial charge is 0.379 e. The average Bonchev–Trinajstić information content (AvgIpc) is 2.60. The van der Waals surface area contributed by atoms with Crippen LogP contribution in [0.25, 0.3) is 0 Å². The number of ether oxygens (including phenoxy) is 5. The molecule has 0 radical (unpaired) electrons. The van der Waals surface area contributed by atoms with Gasteiger partial charge in [-0.3, -0.25) is 0 Å². The first kappa shape index (κ1) is 21.0. The molecule has 0 saturated heterocycles. The highest BCUT2D eigenvalue weighted by atomic mass is 16.6. The van der Waals surface area contributed by atoms with E-state index in [9.17, 15) is 5.11 Å². The molecule has 0 aliphatic carbocycles. The van der Waals surface area contributed by atoms with E-state index in [1.54, 1.807) is 6.92 Å². The van der Waals surface area contributed by atoms with Crippen LogP contribution in [0.4, 0.5) is 0 Å². The van der Waals surface area contributed by atoms with E-state index in [-0.39, 0.29) is 0 Å². The fourth-order valence-electron chi connectivity index (χ4n) is 1.93. The summed E-state index contributed by atoms with van der Waals surface area (Å²) in [6.45, 7) is 8.28. The minimum Gasteiger partial charge on any atom is -0.379 e. The zero-order chi connectivity index (χ0) is 17.5. The number of hydrogen-bond donors (Lipinski definition) is 1. The van der Waals surface area contributed by atoms with E-state index in [0.29, 0.717) is 59.5 Å². The monoisotopic (exact) mass is 342 g/mol. The molecular formula is C18H30O6. The Balaban J connectivity index is 1.90. The molecule has 138 valence electrons. The average molecular weight is 342 g/mol. The van der Waals surface area contributed by atoms with Crippen LogP contribution in [0.3, 0.4) is 0 Å². The minimum absolute atomic E-state index is 0.308. The van der Waals surface area contributed by atoms with Gasteiger partial charge >= 0.3 is 0 Å². The highest BCUT2D eigenvalue weighted by molar-refractivity contribution is 5.18. The molecule has 0 aromatic heterocycles. The maximum absolute atomic E-state index is 10.2. The van der Waals surface area contributed by atoms with Crippen LogP contribution in [0.5, 0.6) is 0 Å². The van der Waals surface area contributed by atoms with Gasteiger partial charge < -0.3 is 28.8 Å². The normalized spacial score (nSPS) is 13.8. The molecule has 1 rings (SSSR count). The Morgan fingerprint density at radius 2 is 1.21 bits per heavy atom. The lowest BCUT2D eigenvalue weighted by Gasteiger charge is -2.24. The van der Waals surface area contributed by atoms with E-state index < -0.39 is 5.79 Å². The van der Waals surface area contributed by atoms with Crippen molar-refractivity contribution in [3.63, 3.8) is 0 Å². The van der Waals surface area contributed by atoms with E-state index in [0.717, 1.165) is 5.56 Å². The maximum Gasteiger partial charge on any atom is 0.189 e. The lowest BCUT2D eigenvalue weighted by molar-refractivity contribution is -0.205. The third kappa shape index (κ3) is 9.97. The number of hydrogen-bond acceptors (Lipinski definition) is 6. The van der Waals surface area contributed by atoms with Gasteiger partial charge in [0.15, 0.2) is 5.79 Å². The second-order valence-corrected chi connectivity index (χ2v) is 5.23. The summed E-state index contributed by atoms with van der Waals surface area (Å²) in [4.78, 5) is 0. The Kier molecular flexibility index (Phi) is 11.6. The van der Waals surface area contributed by atoms with E-state index >= 15 is 0 Å². The van der Waals surface area contributed by atoms with Crippen LogP contribution < -0.4 is 0 Å². The smallest absolute Gasteiger partial charge is 0.189 e. The molecule has 6 nitrogen and oxygen atoms in total. The first-order chi connectivity index (χ1) is 11.7. The molecule has 0 aliphatic rings. The molecule has 0 fully saturated rings. The summed E-state index contributed by atoms with van der Waals surface area (Å²) in [5.74, 6) is -1.31. The van der Waals surface area contributed by atoms with Gasteiger partial charge in [0.05, 0.1) is 52.9 Å². The molecule has 0 heterocycles. The Hall–Kier alpha value is -1.02. The van der Waals surface area contributed by atoms with E-state index in [4.69, 9.17) is 23.7 Å². The highest BCUT2D eigenvalue weighted by Gasteiger charge is 2.22. The van der Waals surface area contributed by atoms with Crippen molar-refractivity contribution in [3.8, 4) is 0 Å². The lowest BCUT2D eigenvalue weighted by atomic mass is 10.1. The first-order valence-corrected chi connectivity index (χ1v) is 8.39. The Labute approximate surface area is 144 Å². The second kappa shape index (κ2) is 13.3. The molecule has 6 heteroatoms. The van der Waals surface area contributed by atoms with Crippen molar-refractivity contribution in [1.82, 2.24) is 0 Å². The molecular weight excluding hydrogens is 312 g/mol. The molecule has 0 amide bonds. The molecule has 0 saturated carbocycles.